The first-order chi connectivity index (χ1) is 12.6. The van der Waals surface area contributed by atoms with E-state index in [0.717, 1.165) is 0 Å². The maximum absolute atomic E-state index is 12.5. The van der Waals surface area contributed by atoms with E-state index in [1.54, 1.807) is 24.3 Å². The van der Waals surface area contributed by atoms with Gasteiger partial charge in [0, 0.05) is 43.1 Å². The average molecular weight is 405 g/mol. The summed E-state index contributed by atoms with van der Waals surface area (Å²) in [6.45, 7) is 3.76. The Labute approximate surface area is 160 Å². The van der Waals surface area contributed by atoms with Crippen LogP contribution in [0.5, 0.6) is 5.75 Å². The number of hydrogen-bond acceptors (Lipinski definition) is 3. The summed E-state index contributed by atoms with van der Waals surface area (Å²) in [7, 11) is 0. The minimum absolute atomic E-state index is 0.00476. The minimum Gasteiger partial charge on any atom is -0.484 e. The predicted octanol–water partition coefficient (Wildman–Crippen LogP) is 3.54. The molecule has 148 valence electrons. The molecule has 2 rings (SSSR count). The number of rotatable bonds is 8. The molecule has 1 fully saturated rings. The number of amides is 2. The fourth-order valence-electron chi connectivity index (χ4n) is 2.76. The molecule has 0 saturated carbocycles. The predicted molar refractivity (Wildman–Crippen MR) is 94.2 cm³/mol. The van der Waals surface area contributed by atoms with E-state index in [-0.39, 0.29) is 44.4 Å². The third kappa shape index (κ3) is 7.13. The number of carbonyl (C=O) groups excluding carboxylic acids is 2. The van der Waals surface area contributed by atoms with Crippen molar-refractivity contribution in [1.82, 2.24) is 10.2 Å². The number of carbonyl (C=O) groups is 2. The maximum atomic E-state index is 12.5. The first-order valence-corrected chi connectivity index (χ1v) is 8.72. The van der Waals surface area contributed by atoms with Gasteiger partial charge >= 0.3 is 6.18 Å². The van der Waals surface area contributed by atoms with Gasteiger partial charge in [-0.05, 0) is 30.2 Å². The van der Waals surface area contributed by atoms with Crippen LogP contribution in [0.4, 0.5) is 13.2 Å². The highest BCUT2D eigenvalue weighted by Crippen LogP contribution is 2.32. The zero-order valence-electron chi connectivity index (χ0n) is 14.5. The van der Waals surface area contributed by atoms with Gasteiger partial charge in [0.25, 0.3) is 5.91 Å². The van der Waals surface area contributed by atoms with Gasteiger partial charge in [-0.3, -0.25) is 9.59 Å². The molecule has 0 radical (unpaired) electrons. The molecule has 0 aromatic heterocycles. The summed E-state index contributed by atoms with van der Waals surface area (Å²) in [6, 6.07) is 6.54. The second-order valence-electron chi connectivity index (χ2n) is 6.30. The van der Waals surface area contributed by atoms with E-state index in [4.69, 9.17) is 16.3 Å². The van der Waals surface area contributed by atoms with Gasteiger partial charge in [0.2, 0.25) is 5.91 Å². The molecule has 1 atom stereocenters. The minimum atomic E-state index is -4.29. The Hall–Kier alpha value is -2.22. The van der Waals surface area contributed by atoms with Crippen LogP contribution in [0.15, 0.2) is 36.5 Å². The number of hydrogen-bond donors (Lipinski definition) is 1. The zero-order chi connectivity index (χ0) is 20.0. The molecule has 0 unspecified atom stereocenters. The van der Waals surface area contributed by atoms with Crippen LogP contribution >= 0.6 is 11.6 Å². The molecule has 1 aromatic carbocycles. The summed E-state index contributed by atoms with van der Waals surface area (Å²) >= 11 is 5.75. The van der Waals surface area contributed by atoms with Crippen molar-refractivity contribution in [2.24, 2.45) is 5.92 Å². The van der Waals surface area contributed by atoms with E-state index in [2.05, 4.69) is 11.9 Å². The van der Waals surface area contributed by atoms with E-state index < -0.39 is 18.5 Å². The second kappa shape index (κ2) is 9.12. The van der Waals surface area contributed by atoms with Gasteiger partial charge in [0.1, 0.15) is 5.75 Å². The van der Waals surface area contributed by atoms with Crippen molar-refractivity contribution in [3.63, 3.8) is 0 Å². The molecule has 0 aliphatic carbocycles. The Morgan fingerprint density at radius 3 is 2.63 bits per heavy atom. The molecule has 0 bridgehead atoms. The first-order valence-electron chi connectivity index (χ1n) is 8.34. The van der Waals surface area contributed by atoms with Crippen molar-refractivity contribution in [2.75, 3.05) is 19.7 Å². The van der Waals surface area contributed by atoms with Crippen molar-refractivity contribution >= 4 is 23.4 Å². The monoisotopic (exact) mass is 404 g/mol. The number of likely N-dealkylation sites (tertiary alicyclic amines) is 1. The van der Waals surface area contributed by atoms with E-state index >= 15 is 0 Å². The first kappa shape index (κ1) is 21.1. The van der Waals surface area contributed by atoms with Gasteiger partial charge < -0.3 is 15.0 Å². The largest absolute Gasteiger partial charge is 0.484 e. The average Bonchev–Trinajstić information content (AvgIpc) is 2.92. The lowest BCUT2D eigenvalue weighted by Gasteiger charge is -2.20. The molecule has 1 aliphatic heterocycles. The van der Waals surface area contributed by atoms with Crippen LogP contribution in [0.3, 0.4) is 0 Å². The van der Waals surface area contributed by atoms with Gasteiger partial charge in [-0.15, -0.1) is 0 Å². The van der Waals surface area contributed by atoms with Crippen molar-refractivity contribution < 1.29 is 27.5 Å². The Morgan fingerprint density at radius 1 is 1.33 bits per heavy atom. The second-order valence-corrected chi connectivity index (χ2v) is 6.74. The molecule has 1 N–H and O–H groups in total. The number of alkyl halides is 3. The number of halogens is 4. The van der Waals surface area contributed by atoms with Gasteiger partial charge in [0.05, 0.1) is 0 Å². The topological polar surface area (TPSA) is 58.6 Å². The third-order valence-corrected chi connectivity index (χ3v) is 4.28. The van der Waals surface area contributed by atoms with Crippen molar-refractivity contribution in [1.29, 1.82) is 0 Å². The van der Waals surface area contributed by atoms with Crippen LogP contribution < -0.4 is 10.1 Å². The van der Waals surface area contributed by atoms with E-state index in [1.807, 2.05) is 0 Å². The molecule has 1 saturated heterocycles. The van der Waals surface area contributed by atoms with Crippen LogP contribution in [0.25, 0.3) is 0 Å². The van der Waals surface area contributed by atoms with Gasteiger partial charge in [0.15, 0.2) is 6.61 Å². The SMILES string of the molecule is C=C(CCNC(=O)COc1ccc(Cl)cc1)N1C[C@H](CC(F)(F)F)CC1=O. The summed E-state index contributed by atoms with van der Waals surface area (Å²) < 4.78 is 42.6. The molecule has 9 heteroatoms. The van der Waals surface area contributed by atoms with E-state index in [9.17, 15) is 22.8 Å². The molecule has 27 heavy (non-hydrogen) atoms. The standard InChI is InChI=1S/C18H20ClF3N2O3/c1-12(24-10-13(8-17(24)26)9-18(20,21)22)6-7-23-16(25)11-27-15-4-2-14(19)3-5-15/h2-5,13H,1,6-11H2,(H,23,25)/t13-/m0/s1. The molecule has 1 aromatic rings. The molecule has 1 heterocycles. The van der Waals surface area contributed by atoms with Crippen LogP contribution in [-0.2, 0) is 9.59 Å². The molecule has 2 amide bonds. The van der Waals surface area contributed by atoms with E-state index in [1.165, 1.54) is 4.90 Å². The van der Waals surface area contributed by atoms with Crippen molar-refractivity contribution in [3.05, 3.63) is 41.6 Å². The Kier molecular flexibility index (Phi) is 7.12. The molecule has 1 aliphatic rings. The Balaban J connectivity index is 1.68. The lowest BCUT2D eigenvalue weighted by atomic mass is 10.0. The Bertz CT molecular complexity index is 692. The van der Waals surface area contributed by atoms with Crippen molar-refractivity contribution in [3.8, 4) is 5.75 Å². The van der Waals surface area contributed by atoms with Crippen LogP contribution in [0, 0.1) is 5.92 Å². The summed E-state index contributed by atoms with van der Waals surface area (Å²) in [5.41, 5.74) is 0.392. The Morgan fingerprint density at radius 2 is 2.00 bits per heavy atom. The summed E-state index contributed by atoms with van der Waals surface area (Å²) in [4.78, 5) is 24.9. The highest BCUT2D eigenvalue weighted by Gasteiger charge is 2.39. The normalized spacial score (nSPS) is 17.1. The molecular formula is C18H20ClF3N2O3. The number of ether oxygens (including phenoxy) is 1. The fourth-order valence-corrected chi connectivity index (χ4v) is 2.89. The summed E-state index contributed by atoms with van der Waals surface area (Å²) in [5.74, 6) is -0.985. The molecule has 0 spiro atoms. The zero-order valence-corrected chi connectivity index (χ0v) is 15.3. The van der Waals surface area contributed by atoms with E-state index in [0.29, 0.717) is 16.5 Å². The van der Waals surface area contributed by atoms with Crippen LogP contribution in [0.2, 0.25) is 5.02 Å². The summed E-state index contributed by atoms with van der Waals surface area (Å²) in [5, 5.41) is 3.17. The number of nitrogens with one attached hydrogen (secondary N) is 1. The van der Waals surface area contributed by atoms with Gasteiger partial charge in [-0.2, -0.15) is 13.2 Å². The highest BCUT2D eigenvalue weighted by atomic mass is 35.5. The van der Waals surface area contributed by atoms with Crippen LogP contribution in [0.1, 0.15) is 19.3 Å². The lowest BCUT2D eigenvalue weighted by molar-refractivity contribution is -0.143. The number of benzene rings is 1. The van der Waals surface area contributed by atoms with Crippen LogP contribution in [-0.4, -0.2) is 42.6 Å². The van der Waals surface area contributed by atoms with Crippen molar-refractivity contribution in [2.45, 2.75) is 25.4 Å². The summed E-state index contributed by atoms with van der Waals surface area (Å²) in [6.07, 6.45) is -5.15. The highest BCUT2D eigenvalue weighted by molar-refractivity contribution is 6.30. The fraction of sp³-hybridized carbons (Fsp3) is 0.444. The maximum Gasteiger partial charge on any atom is 0.389 e. The molecular weight excluding hydrogens is 385 g/mol. The lowest BCUT2D eigenvalue weighted by Crippen LogP contribution is -2.32. The quantitative estimate of drug-likeness (QED) is 0.721. The third-order valence-electron chi connectivity index (χ3n) is 4.03. The van der Waals surface area contributed by atoms with Gasteiger partial charge in [-0.1, -0.05) is 18.2 Å². The smallest absolute Gasteiger partial charge is 0.389 e. The molecule has 5 nitrogen and oxygen atoms in total. The van der Waals surface area contributed by atoms with Gasteiger partial charge in [-0.25, -0.2) is 0 Å². The number of nitrogens with zero attached hydrogens (tertiary/aromatic N) is 1.